The third kappa shape index (κ3) is 2.56. The minimum atomic E-state index is -4.08. The molecule has 7 heteroatoms. The van der Waals surface area contributed by atoms with Crippen LogP contribution in [0.15, 0.2) is 58.5 Å². The zero-order valence-electron chi connectivity index (χ0n) is 13.0. The molecular weight excluding hydrogens is 333 g/mol. The first kappa shape index (κ1) is 16.2. The third-order valence-electron chi connectivity index (χ3n) is 3.70. The second-order valence-electron chi connectivity index (χ2n) is 5.31. The number of hydrogen-bond donors (Lipinski definition) is 0. The fraction of sp³-hybridized carbons (Fsp3) is 0.118. The summed E-state index contributed by atoms with van der Waals surface area (Å²) in [5.74, 6) is -1.54. The number of rotatable bonds is 2. The van der Waals surface area contributed by atoms with Crippen LogP contribution < -0.4 is 4.90 Å². The smallest absolute Gasteiger partial charge is 0.351 e. The van der Waals surface area contributed by atoms with Crippen molar-refractivity contribution in [2.24, 2.45) is 0 Å². The fourth-order valence-corrected chi connectivity index (χ4v) is 3.93. The summed E-state index contributed by atoms with van der Waals surface area (Å²) in [6, 6.07) is 10.5. The van der Waals surface area contributed by atoms with Gasteiger partial charge in [-0.05, 0) is 37.3 Å². The van der Waals surface area contributed by atoms with Gasteiger partial charge in [0.15, 0.2) is 4.91 Å². The molecule has 0 saturated heterocycles. The SMILES string of the molecule is COC(=O)C1=CN(c2ccc(C)cc2)c2cc(F)ccc2S1(=O)=O. The van der Waals surface area contributed by atoms with Gasteiger partial charge >= 0.3 is 5.97 Å². The molecule has 0 amide bonds. The number of anilines is 2. The molecule has 3 rings (SSSR count). The maximum absolute atomic E-state index is 13.7. The van der Waals surface area contributed by atoms with Crippen LogP contribution in [0.5, 0.6) is 0 Å². The van der Waals surface area contributed by atoms with Crippen molar-refractivity contribution in [3.63, 3.8) is 0 Å². The number of carbonyl (C=O) groups excluding carboxylic acids is 1. The molecule has 1 aliphatic heterocycles. The second kappa shape index (κ2) is 5.76. The van der Waals surface area contributed by atoms with Gasteiger partial charge in [0, 0.05) is 11.9 Å². The van der Waals surface area contributed by atoms with Crippen LogP contribution >= 0.6 is 0 Å². The van der Waals surface area contributed by atoms with Crippen molar-refractivity contribution in [1.82, 2.24) is 0 Å². The summed E-state index contributed by atoms with van der Waals surface area (Å²) in [4.78, 5) is 12.7. The molecule has 0 atom stereocenters. The van der Waals surface area contributed by atoms with Crippen LogP contribution in [0.3, 0.4) is 0 Å². The van der Waals surface area contributed by atoms with E-state index in [0.717, 1.165) is 37.1 Å². The lowest BCUT2D eigenvalue weighted by Crippen LogP contribution is -2.26. The average molecular weight is 347 g/mol. The molecule has 0 unspecified atom stereocenters. The maximum atomic E-state index is 13.7. The van der Waals surface area contributed by atoms with Crippen LogP contribution in [0, 0.1) is 12.7 Å². The summed E-state index contributed by atoms with van der Waals surface area (Å²) >= 11 is 0. The van der Waals surface area contributed by atoms with E-state index in [2.05, 4.69) is 4.74 Å². The minimum Gasteiger partial charge on any atom is -0.465 e. The van der Waals surface area contributed by atoms with Crippen molar-refractivity contribution in [1.29, 1.82) is 0 Å². The Morgan fingerprint density at radius 3 is 2.42 bits per heavy atom. The Morgan fingerprint density at radius 1 is 1.12 bits per heavy atom. The van der Waals surface area contributed by atoms with Gasteiger partial charge in [0.25, 0.3) is 0 Å². The number of halogens is 1. The molecule has 24 heavy (non-hydrogen) atoms. The quantitative estimate of drug-likeness (QED) is 0.617. The monoisotopic (exact) mass is 347 g/mol. The van der Waals surface area contributed by atoms with Crippen molar-refractivity contribution in [3.8, 4) is 0 Å². The van der Waals surface area contributed by atoms with Gasteiger partial charge in [-0.1, -0.05) is 17.7 Å². The van der Waals surface area contributed by atoms with Gasteiger partial charge in [-0.3, -0.25) is 0 Å². The van der Waals surface area contributed by atoms with E-state index in [4.69, 9.17) is 0 Å². The lowest BCUT2D eigenvalue weighted by atomic mass is 10.2. The first-order valence-electron chi connectivity index (χ1n) is 7.05. The molecule has 5 nitrogen and oxygen atoms in total. The van der Waals surface area contributed by atoms with Gasteiger partial charge < -0.3 is 9.64 Å². The molecule has 0 N–H and O–H groups in total. The number of esters is 1. The van der Waals surface area contributed by atoms with Crippen LogP contribution in [0.25, 0.3) is 0 Å². The predicted molar refractivity (Wildman–Crippen MR) is 87.0 cm³/mol. The summed E-state index contributed by atoms with van der Waals surface area (Å²) in [6.45, 7) is 1.91. The molecule has 0 radical (unpaired) electrons. The largest absolute Gasteiger partial charge is 0.465 e. The van der Waals surface area contributed by atoms with Crippen LogP contribution in [0.4, 0.5) is 15.8 Å². The zero-order valence-corrected chi connectivity index (χ0v) is 13.8. The summed E-state index contributed by atoms with van der Waals surface area (Å²) < 4.78 is 43.5. The number of hydrogen-bond acceptors (Lipinski definition) is 5. The fourth-order valence-electron chi connectivity index (χ4n) is 2.46. The summed E-state index contributed by atoms with van der Waals surface area (Å²) in [5, 5.41) is 0. The molecule has 1 heterocycles. The number of benzene rings is 2. The Labute approximate surface area is 138 Å². The average Bonchev–Trinajstić information content (AvgIpc) is 2.55. The first-order chi connectivity index (χ1) is 11.3. The van der Waals surface area contributed by atoms with E-state index in [1.165, 1.54) is 4.90 Å². The van der Waals surface area contributed by atoms with Crippen molar-refractivity contribution in [2.45, 2.75) is 11.8 Å². The standard InChI is InChI=1S/C17H14FNO4S/c1-11-3-6-13(7-4-11)19-10-16(17(20)23-2)24(21,22)15-8-5-12(18)9-14(15)19/h3-10H,1-2H3. The third-order valence-corrected chi connectivity index (χ3v) is 5.48. The topological polar surface area (TPSA) is 63.7 Å². The highest BCUT2D eigenvalue weighted by Gasteiger charge is 2.36. The van der Waals surface area contributed by atoms with Crippen LogP contribution in [-0.2, 0) is 19.4 Å². The molecule has 2 aromatic rings. The number of ether oxygens (including phenoxy) is 1. The zero-order chi connectivity index (χ0) is 17.5. The minimum absolute atomic E-state index is 0.145. The molecule has 0 spiro atoms. The van der Waals surface area contributed by atoms with E-state index >= 15 is 0 Å². The number of aryl methyl sites for hydroxylation is 1. The van der Waals surface area contributed by atoms with E-state index < -0.39 is 26.5 Å². The Morgan fingerprint density at radius 2 is 1.79 bits per heavy atom. The van der Waals surface area contributed by atoms with Crippen molar-refractivity contribution >= 4 is 27.2 Å². The molecular formula is C17H14FNO4S. The van der Waals surface area contributed by atoms with Crippen molar-refractivity contribution < 1.29 is 22.3 Å². The lowest BCUT2D eigenvalue weighted by molar-refractivity contribution is -0.135. The van der Waals surface area contributed by atoms with E-state index in [0.29, 0.717) is 5.69 Å². The van der Waals surface area contributed by atoms with Crippen LogP contribution in [0.2, 0.25) is 0 Å². The molecule has 0 bridgehead atoms. The van der Waals surface area contributed by atoms with Gasteiger partial charge in [-0.15, -0.1) is 0 Å². The highest BCUT2D eigenvalue weighted by molar-refractivity contribution is 7.96. The number of carbonyl (C=O) groups is 1. The molecule has 0 fully saturated rings. The maximum Gasteiger partial charge on any atom is 0.351 e. The Hall–Kier alpha value is -2.67. The Bertz CT molecular complexity index is 949. The summed E-state index contributed by atoms with van der Waals surface area (Å²) in [5.41, 5.74) is 1.76. The lowest BCUT2D eigenvalue weighted by Gasteiger charge is -2.28. The normalized spacial score (nSPS) is 15.5. The van der Waals surface area contributed by atoms with Crippen LogP contribution in [-0.4, -0.2) is 21.5 Å². The van der Waals surface area contributed by atoms with Gasteiger partial charge in [-0.25, -0.2) is 17.6 Å². The first-order valence-corrected chi connectivity index (χ1v) is 8.53. The second-order valence-corrected chi connectivity index (χ2v) is 7.19. The molecule has 124 valence electrons. The van der Waals surface area contributed by atoms with Gasteiger partial charge in [0.1, 0.15) is 5.82 Å². The summed E-state index contributed by atoms with van der Waals surface area (Å²) in [6.07, 6.45) is 1.16. The molecule has 0 aromatic heterocycles. The Balaban J connectivity index is 2.28. The number of sulfone groups is 1. The molecule has 2 aromatic carbocycles. The van der Waals surface area contributed by atoms with E-state index in [-0.39, 0.29) is 10.6 Å². The molecule has 0 aliphatic carbocycles. The highest BCUT2D eigenvalue weighted by atomic mass is 32.2. The molecule has 1 aliphatic rings. The van der Waals surface area contributed by atoms with Crippen molar-refractivity contribution in [3.05, 3.63) is 65.0 Å². The van der Waals surface area contributed by atoms with E-state index in [9.17, 15) is 17.6 Å². The van der Waals surface area contributed by atoms with E-state index in [1.807, 2.05) is 19.1 Å². The summed E-state index contributed by atoms with van der Waals surface area (Å²) in [7, 11) is -2.98. The Kier molecular flexibility index (Phi) is 3.88. The highest BCUT2D eigenvalue weighted by Crippen LogP contribution is 2.40. The van der Waals surface area contributed by atoms with Crippen molar-refractivity contribution in [2.75, 3.05) is 12.0 Å². The molecule has 0 saturated carbocycles. The number of fused-ring (bicyclic) bond motifs is 1. The predicted octanol–water partition coefficient (Wildman–Crippen LogP) is 3.07. The van der Waals surface area contributed by atoms with Gasteiger partial charge in [0.2, 0.25) is 9.84 Å². The number of methoxy groups -OCH3 is 1. The van der Waals surface area contributed by atoms with E-state index in [1.54, 1.807) is 12.1 Å². The van der Waals surface area contributed by atoms with Gasteiger partial charge in [0.05, 0.1) is 17.7 Å². The number of nitrogens with zero attached hydrogens (tertiary/aromatic N) is 1. The van der Waals surface area contributed by atoms with Gasteiger partial charge in [-0.2, -0.15) is 0 Å². The van der Waals surface area contributed by atoms with Crippen LogP contribution in [0.1, 0.15) is 5.56 Å².